The normalized spacial score (nSPS) is 22.1. The summed E-state index contributed by atoms with van der Waals surface area (Å²) in [4.78, 5) is 15.6. The van der Waals surface area contributed by atoms with E-state index < -0.39 is 5.41 Å². The number of carbonyl (C=O) groups excluding carboxylic acids is 1. The molecule has 2 aliphatic rings. The van der Waals surface area contributed by atoms with Crippen LogP contribution in [0.5, 0.6) is 0 Å². The summed E-state index contributed by atoms with van der Waals surface area (Å²) >= 11 is 0. The van der Waals surface area contributed by atoms with Crippen LogP contribution < -0.4 is 0 Å². The van der Waals surface area contributed by atoms with Crippen LogP contribution in [0, 0.1) is 11.3 Å². The van der Waals surface area contributed by atoms with Gasteiger partial charge in [-0.25, -0.2) is 4.98 Å². The summed E-state index contributed by atoms with van der Waals surface area (Å²) < 4.78 is 2.14. The van der Waals surface area contributed by atoms with E-state index in [-0.39, 0.29) is 5.78 Å². The largest absolute Gasteiger partial charge is 0.335 e. The summed E-state index contributed by atoms with van der Waals surface area (Å²) in [7, 11) is 0. The molecular formula is C12H13N3O. The fraction of sp³-hybridized carbons (Fsp3) is 0.583. The first-order valence-electron chi connectivity index (χ1n) is 5.73. The van der Waals surface area contributed by atoms with Gasteiger partial charge in [0.25, 0.3) is 0 Å². The van der Waals surface area contributed by atoms with E-state index in [9.17, 15) is 10.1 Å². The number of carbonyl (C=O) groups is 1. The van der Waals surface area contributed by atoms with Gasteiger partial charge in [0.2, 0.25) is 0 Å². The molecule has 0 amide bonds. The number of aryl methyl sites for hydroxylation is 2. The molecule has 0 N–H and O–H groups in total. The zero-order chi connectivity index (χ0) is 11.2. The van der Waals surface area contributed by atoms with Gasteiger partial charge in [-0.3, -0.25) is 4.79 Å². The van der Waals surface area contributed by atoms with Crippen LogP contribution in [-0.2, 0) is 23.2 Å². The predicted octanol–water partition coefficient (Wildman–Crippen LogP) is 1.34. The molecule has 1 saturated carbocycles. The zero-order valence-corrected chi connectivity index (χ0v) is 9.07. The third kappa shape index (κ3) is 1.21. The van der Waals surface area contributed by atoms with Gasteiger partial charge in [-0.2, -0.15) is 5.26 Å². The van der Waals surface area contributed by atoms with E-state index in [1.54, 1.807) is 0 Å². The summed E-state index contributed by atoms with van der Waals surface area (Å²) in [5, 5.41) is 9.22. The van der Waals surface area contributed by atoms with Gasteiger partial charge in [-0.15, -0.1) is 0 Å². The van der Waals surface area contributed by atoms with Gasteiger partial charge in [-0.05, 0) is 12.8 Å². The summed E-state index contributed by atoms with van der Waals surface area (Å²) in [6, 6.07) is 2.27. The Morgan fingerprint density at radius 2 is 2.25 bits per heavy atom. The number of fused-ring (bicyclic) bond motifs is 1. The molecule has 1 aromatic rings. The molecule has 4 heteroatoms. The Balaban J connectivity index is 1.98. The first-order chi connectivity index (χ1) is 7.73. The molecule has 0 atom stereocenters. The first-order valence-corrected chi connectivity index (χ1v) is 5.73. The van der Waals surface area contributed by atoms with E-state index in [0.29, 0.717) is 12.8 Å². The molecule has 1 aliphatic heterocycles. The van der Waals surface area contributed by atoms with Gasteiger partial charge in [0.15, 0.2) is 0 Å². The molecule has 0 spiro atoms. The van der Waals surface area contributed by atoms with Crippen molar-refractivity contribution >= 4 is 5.78 Å². The molecule has 0 saturated heterocycles. The van der Waals surface area contributed by atoms with E-state index in [1.807, 2.05) is 6.20 Å². The zero-order valence-electron chi connectivity index (χ0n) is 9.07. The van der Waals surface area contributed by atoms with E-state index in [1.165, 1.54) is 12.8 Å². The minimum Gasteiger partial charge on any atom is -0.335 e. The Bertz CT molecular complexity index is 463. The van der Waals surface area contributed by atoms with Crippen molar-refractivity contribution in [3.8, 4) is 6.07 Å². The minimum absolute atomic E-state index is 0.174. The average molecular weight is 215 g/mol. The summed E-state index contributed by atoms with van der Waals surface area (Å²) in [6.45, 7) is 0.998. The Hall–Kier alpha value is -1.63. The number of nitriles is 1. The van der Waals surface area contributed by atoms with Gasteiger partial charge in [0, 0.05) is 32.0 Å². The fourth-order valence-electron chi connectivity index (χ4n) is 2.58. The smallest absolute Gasteiger partial charge is 0.136 e. The monoisotopic (exact) mass is 215 g/mol. The number of Topliss-reactive ketones (excluding diaryl/α,β-unsaturated/α-hetero) is 1. The lowest BCUT2D eigenvalue weighted by Crippen LogP contribution is -2.40. The SMILES string of the molecule is N#CC1(c2cn3c(n2)CCCC3)CC(=O)C1. The fourth-order valence-corrected chi connectivity index (χ4v) is 2.58. The van der Waals surface area contributed by atoms with Crippen molar-refractivity contribution in [3.63, 3.8) is 0 Å². The van der Waals surface area contributed by atoms with Gasteiger partial charge >= 0.3 is 0 Å². The standard InChI is InChI=1S/C12H13N3O/c13-8-12(5-9(16)6-12)10-7-15-4-2-1-3-11(15)14-10/h7H,1-6H2. The Morgan fingerprint density at radius 3 is 2.88 bits per heavy atom. The molecule has 2 heterocycles. The van der Waals surface area contributed by atoms with Crippen LogP contribution in [0.25, 0.3) is 0 Å². The average Bonchev–Trinajstić information content (AvgIpc) is 2.68. The maximum Gasteiger partial charge on any atom is 0.136 e. The Morgan fingerprint density at radius 1 is 1.44 bits per heavy atom. The predicted molar refractivity (Wildman–Crippen MR) is 56.7 cm³/mol. The first kappa shape index (κ1) is 9.59. The molecule has 0 radical (unpaired) electrons. The molecule has 16 heavy (non-hydrogen) atoms. The number of aromatic nitrogens is 2. The van der Waals surface area contributed by atoms with Crippen LogP contribution in [-0.4, -0.2) is 15.3 Å². The molecule has 0 unspecified atom stereocenters. The summed E-state index contributed by atoms with van der Waals surface area (Å²) in [5.74, 6) is 1.25. The number of hydrogen-bond donors (Lipinski definition) is 0. The van der Waals surface area contributed by atoms with Gasteiger partial charge < -0.3 is 4.57 Å². The molecule has 82 valence electrons. The van der Waals surface area contributed by atoms with E-state index in [2.05, 4.69) is 15.6 Å². The quantitative estimate of drug-likeness (QED) is 0.710. The number of imidazole rings is 1. The molecular weight excluding hydrogens is 202 g/mol. The van der Waals surface area contributed by atoms with E-state index in [4.69, 9.17) is 0 Å². The Kier molecular flexibility index (Phi) is 1.90. The number of rotatable bonds is 1. The van der Waals surface area contributed by atoms with Crippen molar-refractivity contribution < 1.29 is 4.79 Å². The van der Waals surface area contributed by atoms with Crippen molar-refractivity contribution in [1.82, 2.24) is 9.55 Å². The maximum absolute atomic E-state index is 11.1. The van der Waals surface area contributed by atoms with Crippen molar-refractivity contribution in [2.75, 3.05) is 0 Å². The van der Waals surface area contributed by atoms with Crippen molar-refractivity contribution in [3.05, 3.63) is 17.7 Å². The third-order valence-electron chi connectivity index (χ3n) is 3.61. The second-order valence-corrected chi connectivity index (χ2v) is 4.78. The highest BCUT2D eigenvalue weighted by Crippen LogP contribution is 2.40. The topological polar surface area (TPSA) is 58.7 Å². The molecule has 1 fully saturated rings. The van der Waals surface area contributed by atoms with Crippen LogP contribution in [0.1, 0.15) is 37.2 Å². The van der Waals surface area contributed by atoms with Gasteiger partial charge in [-0.1, -0.05) is 0 Å². The second-order valence-electron chi connectivity index (χ2n) is 4.78. The van der Waals surface area contributed by atoms with Gasteiger partial charge in [0.1, 0.15) is 17.0 Å². The van der Waals surface area contributed by atoms with E-state index >= 15 is 0 Å². The summed E-state index contributed by atoms with van der Waals surface area (Å²) in [6.07, 6.45) is 6.02. The lowest BCUT2D eigenvalue weighted by atomic mass is 9.67. The van der Waals surface area contributed by atoms with Gasteiger partial charge in [0.05, 0.1) is 11.8 Å². The lowest BCUT2D eigenvalue weighted by Gasteiger charge is -2.31. The summed E-state index contributed by atoms with van der Waals surface area (Å²) in [5.41, 5.74) is 0.202. The van der Waals surface area contributed by atoms with Crippen LogP contribution >= 0.6 is 0 Å². The van der Waals surface area contributed by atoms with E-state index in [0.717, 1.165) is 24.5 Å². The second kappa shape index (κ2) is 3.18. The lowest BCUT2D eigenvalue weighted by molar-refractivity contribution is -0.126. The number of nitrogens with zero attached hydrogens (tertiary/aromatic N) is 3. The molecule has 0 aromatic carbocycles. The molecule has 0 bridgehead atoms. The molecule has 1 aliphatic carbocycles. The van der Waals surface area contributed by atoms with Crippen LogP contribution in [0.4, 0.5) is 0 Å². The Labute approximate surface area is 93.9 Å². The maximum atomic E-state index is 11.1. The van der Waals surface area contributed by atoms with Crippen molar-refractivity contribution in [1.29, 1.82) is 5.26 Å². The number of ketones is 1. The highest BCUT2D eigenvalue weighted by Gasteiger charge is 2.47. The van der Waals surface area contributed by atoms with Crippen molar-refractivity contribution in [2.24, 2.45) is 0 Å². The van der Waals surface area contributed by atoms with Crippen LogP contribution in [0.3, 0.4) is 0 Å². The molecule has 1 aromatic heterocycles. The minimum atomic E-state index is -0.610. The number of hydrogen-bond acceptors (Lipinski definition) is 3. The third-order valence-corrected chi connectivity index (χ3v) is 3.61. The van der Waals surface area contributed by atoms with Crippen LogP contribution in [0.15, 0.2) is 6.20 Å². The van der Waals surface area contributed by atoms with Crippen LogP contribution in [0.2, 0.25) is 0 Å². The molecule has 4 nitrogen and oxygen atoms in total. The molecule has 3 rings (SSSR count). The highest BCUT2D eigenvalue weighted by molar-refractivity contribution is 5.89. The van der Waals surface area contributed by atoms with Crippen molar-refractivity contribution in [2.45, 2.75) is 44.1 Å². The highest BCUT2D eigenvalue weighted by atomic mass is 16.1.